The van der Waals surface area contributed by atoms with Crippen LogP contribution in [0, 0.1) is 13.8 Å². The van der Waals surface area contributed by atoms with Gasteiger partial charge in [0.25, 0.3) is 0 Å². The summed E-state index contributed by atoms with van der Waals surface area (Å²) in [6.45, 7) is 4.10. The van der Waals surface area contributed by atoms with Gasteiger partial charge in [0.15, 0.2) is 0 Å². The van der Waals surface area contributed by atoms with Crippen LogP contribution in [-0.2, 0) is 0 Å². The van der Waals surface area contributed by atoms with Gasteiger partial charge in [0.2, 0.25) is 0 Å². The van der Waals surface area contributed by atoms with E-state index < -0.39 is 0 Å². The van der Waals surface area contributed by atoms with Gasteiger partial charge in [0, 0.05) is 11.1 Å². The zero-order valence-electron chi connectivity index (χ0n) is 6.26. The lowest BCUT2D eigenvalue weighted by Crippen LogP contribution is -1.86. The van der Waals surface area contributed by atoms with Gasteiger partial charge in [-0.25, -0.2) is 4.98 Å². The maximum Gasteiger partial charge on any atom is 0.142 e. The normalized spacial score (nSPS) is 11.2. The quantitative estimate of drug-likeness (QED) is 0.681. The largest absolute Gasteiger partial charge is 0.291 e. The molecule has 2 aromatic heterocycles. The highest BCUT2D eigenvalue weighted by atomic mass is 79.9. The van der Waals surface area contributed by atoms with E-state index in [-0.39, 0.29) is 0 Å². The van der Waals surface area contributed by atoms with E-state index >= 15 is 0 Å². The molecule has 0 unspecified atom stereocenters. The molecular formula is C7H7BrN2S. The van der Waals surface area contributed by atoms with E-state index in [9.17, 15) is 0 Å². The third kappa shape index (κ3) is 0.929. The Morgan fingerprint density at radius 3 is 2.91 bits per heavy atom. The van der Waals surface area contributed by atoms with Gasteiger partial charge in [0.05, 0.1) is 0 Å². The number of aromatic nitrogens is 2. The van der Waals surface area contributed by atoms with Crippen molar-refractivity contribution >= 4 is 32.1 Å². The Balaban J connectivity index is 2.98. The van der Waals surface area contributed by atoms with Crippen LogP contribution in [0.3, 0.4) is 0 Å². The van der Waals surface area contributed by atoms with Crippen molar-refractivity contribution in [3.8, 4) is 0 Å². The van der Waals surface area contributed by atoms with Crippen LogP contribution in [0.1, 0.15) is 11.5 Å². The highest BCUT2D eigenvalue weighted by Gasteiger charge is 2.08. The minimum atomic E-state index is 0.952. The molecule has 2 heterocycles. The Kier molecular flexibility index (Phi) is 1.54. The summed E-state index contributed by atoms with van der Waals surface area (Å²) in [5.41, 5.74) is 1.25. The molecule has 11 heavy (non-hydrogen) atoms. The molecule has 0 aliphatic heterocycles. The lowest BCUT2D eigenvalue weighted by atomic mass is 10.5. The molecule has 2 aromatic rings. The average Bonchev–Trinajstić information content (AvgIpc) is 2.41. The van der Waals surface area contributed by atoms with Crippen LogP contribution >= 0.6 is 27.3 Å². The van der Waals surface area contributed by atoms with Gasteiger partial charge >= 0.3 is 0 Å². The Bertz CT molecular complexity index is 402. The zero-order chi connectivity index (χ0) is 8.01. The predicted molar refractivity (Wildman–Crippen MR) is 50.2 cm³/mol. The van der Waals surface area contributed by atoms with E-state index in [4.69, 9.17) is 0 Å². The molecule has 2 rings (SSSR count). The van der Waals surface area contributed by atoms with E-state index in [1.807, 2.05) is 6.92 Å². The van der Waals surface area contributed by atoms with Crippen molar-refractivity contribution in [2.24, 2.45) is 0 Å². The van der Waals surface area contributed by atoms with Crippen LogP contribution < -0.4 is 0 Å². The van der Waals surface area contributed by atoms with Crippen molar-refractivity contribution in [3.63, 3.8) is 0 Å². The average molecular weight is 231 g/mol. The molecule has 0 atom stereocenters. The van der Waals surface area contributed by atoms with Gasteiger partial charge in [-0.2, -0.15) is 0 Å². The van der Waals surface area contributed by atoms with Crippen molar-refractivity contribution in [1.82, 2.24) is 9.38 Å². The molecule has 0 N–H and O–H groups in total. The van der Waals surface area contributed by atoms with E-state index in [0.717, 1.165) is 10.4 Å². The summed E-state index contributed by atoms with van der Waals surface area (Å²) in [6.07, 6.45) is 0. The highest BCUT2D eigenvalue weighted by Crippen LogP contribution is 2.25. The molecule has 0 saturated heterocycles. The number of rotatable bonds is 0. The topological polar surface area (TPSA) is 17.3 Å². The predicted octanol–water partition coefficient (Wildman–Crippen LogP) is 2.78. The summed E-state index contributed by atoms with van der Waals surface area (Å²) in [6, 6.07) is 0. The Labute approximate surface area is 77.0 Å². The van der Waals surface area contributed by atoms with E-state index in [2.05, 4.69) is 37.6 Å². The molecule has 0 bridgehead atoms. The van der Waals surface area contributed by atoms with Gasteiger partial charge in [-0.15, -0.1) is 11.3 Å². The van der Waals surface area contributed by atoms with Gasteiger partial charge in [-0.1, -0.05) is 0 Å². The summed E-state index contributed by atoms with van der Waals surface area (Å²) < 4.78 is 3.10. The van der Waals surface area contributed by atoms with Gasteiger partial charge in [0.1, 0.15) is 15.3 Å². The molecule has 0 radical (unpaired) electrons. The first-order chi connectivity index (χ1) is 5.20. The summed E-state index contributed by atoms with van der Waals surface area (Å²) in [5.74, 6) is 1.05. The minimum absolute atomic E-state index is 0.952. The van der Waals surface area contributed by atoms with Crippen molar-refractivity contribution in [2.45, 2.75) is 13.8 Å². The van der Waals surface area contributed by atoms with Crippen molar-refractivity contribution < 1.29 is 0 Å². The molecular weight excluding hydrogens is 224 g/mol. The summed E-state index contributed by atoms with van der Waals surface area (Å²) in [4.78, 5) is 5.50. The standard InChI is InChI=1S/C7H7BrN2S/c1-4-3-11-7-6(8)9-5(2)10(4)7/h3H,1-2H3. The van der Waals surface area contributed by atoms with Crippen LogP contribution in [0.4, 0.5) is 0 Å². The molecule has 0 fully saturated rings. The number of fused-ring (bicyclic) bond motifs is 1. The molecule has 0 aliphatic rings. The lowest BCUT2D eigenvalue weighted by molar-refractivity contribution is 1.01. The van der Waals surface area contributed by atoms with Gasteiger partial charge in [-0.3, -0.25) is 4.40 Å². The SMILES string of the molecule is Cc1csc2c(Br)nc(C)n12. The number of aryl methyl sites for hydroxylation is 2. The summed E-state index contributed by atoms with van der Waals surface area (Å²) >= 11 is 5.12. The maximum atomic E-state index is 4.30. The molecule has 58 valence electrons. The van der Waals surface area contributed by atoms with Crippen LogP contribution in [-0.4, -0.2) is 9.38 Å². The molecule has 0 amide bonds. The van der Waals surface area contributed by atoms with E-state index in [0.29, 0.717) is 0 Å². The fourth-order valence-electron chi connectivity index (χ4n) is 1.19. The highest BCUT2D eigenvalue weighted by molar-refractivity contribution is 9.10. The second-order valence-electron chi connectivity index (χ2n) is 2.47. The Hall–Kier alpha value is -0.350. The first-order valence-corrected chi connectivity index (χ1v) is 4.96. The molecule has 4 heteroatoms. The monoisotopic (exact) mass is 230 g/mol. The van der Waals surface area contributed by atoms with Crippen LogP contribution in [0.25, 0.3) is 4.83 Å². The number of hydrogen-bond donors (Lipinski definition) is 0. The molecule has 0 saturated carbocycles. The fraction of sp³-hybridized carbons (Fsp3) is 0.286. The van der Waals surface area contributed by atoms with Gasteiger partial charge in [-0.05, 0) is 29.8 Å². The lowest BCUT2D eigenvalue weighted by Gasteiger charge is -1.89. The number of thiazole rings is 1. The third-order valence-corrected chi connectivity index (χ3v) is 3.53. The second-order valence-corrected chi connectivity index (χ2v) is 4.08. The van der Waals surface area contributed by atoms with Gasteiger partial charge < -0.3 is 0 Å². The van der Waals surface area contributed by atoms with Crippen LogP contribution in [0.5, 0.6) is 0 Å². The van der Waals surface area contributed by atoms with Crippen molar-refractivity contribution in [3.05, 3.63) is 21.5 Å². The fourth-order valence-corrected chi connectivity index (χ4v) is 2.82. The van der Waals surface area contributed by atoms with Crippen molar-refractivity contribution in [1.29, 1.82) is 0 Å². The number of halogens is 1. The molecule has 2 nitrogen and oxygen atoms in total. The molecule has 0 aromatic carbocycles. The first-order valence-electron chi connectivity index (χ1n) is 3.29. The van der Waals surface area contributed by atoms with Crippen LogP contribution in [0.15, 0.2) is 9.98 Å². The Morgan fingerprint density at radius 1 is 1.55 bits per heavy atom. The number of imidazole rings is 1. The van der Waals surface area contributed by atoms with Crippen LogP contribution in [0.2, 0.25) is 0 Å². The minimum Gasteiger partial charge on any atom is -0.291 e. The number of nitrogens with zero attached hydrogens (tertiary/aromatic N) is 2. The molecule has 0 spiro atoms. The summed E-state index contributed by atoms with van der Waals surface area (Å²) in [5, 5.41) is 2.13. The smallest absolute Gasteiger partial charge is 0.142 e. The van der Waals surface area contributed by atoms with Crippen molar-refractivity contribution in [2.75, 3.05) is 0 Å². The van der Waals surface area contributed by atoms with E-state index in [1.54, 1.807) is 11.3 Å². The summed E-state index contributed by atoms with van der Waals surface area (Å²) in [7, 11) is 0. The zero-order valence-corrected chi connectivity index (χ0v) is 8.66. The maximum absolute atomic E-state index is 4.30. The number of hydrogen-bond acceptors (Lipinski definition) is 2. The first kappa shape index (κ1) is 7.31. The van der Waals surface area contributed by atoms with E-state index in [1.165, 1.54) is 10.5 Å². The molecule has 0 aliphatic carbocycles. The third-order valence-electron chi connectivity index (χ3n) is 1.66. The Morgan fingerprint density at radius 2 is 2.27 bits per heavy atom. The second kappa shape index (κ2) is 2.32.